The Morgan fingerprint density at radius 2 is 1.80 bits per heavy atom. The predicted molar refractivity (Wildman–Crippen MR) is 114 cm³/mol. The van der Waals surface area contributed by atoms with E-state index in [1.807, 2.05) is 20.8 Å². The van der Waals surface area contributed by atoms with Gasteiger partial charge in [0.15, 0.2) is 5.78 Å². The van der Waals surface area contributed by atoms with E-state index in [1.165, 1.54) is 12.0 Å². The van der Waals surface area contributed by atoms with Crippen molar-refractivity contribution >= 4 is 17.7 Å². The van der Waals surface area contributed by atoms with Crippen LogP contribution in [-0.2, 0) is 4.74 Å². The molecule has 0 aliphatic carbocycles. The molecule has 1 amide bonds. The maximum atomic E-state index is 13.2. The second kappa shape index (κ2) is 9.15. The maximum Gasteiger partial charge on any atom is 0.355 e. The Hall–Kier alpha value is -3.09. The lowest BCUT2D eigenvalue weighted by Gasteiger charge is -2.35. The normalized spacial score (nSPS) is 11.2. The lowest BCUT2D eigenvalue weighted by molar-refractivity contribution is 0.0517. The minimum Gasteiger partial charge on any atom is -0.497 e. The third kappa shape index (κ3) is 4.90. The molecule has 0 spiro atoms. The molecule has 1 heterocycles. The summed E-state index contributed by atoms with van der Waals surface area (Å²) in [6.45, 7) is 10.9. The highest BCUT2D eigenvalue weighted by Crippen LogP contribution is 2.24. The molecule has 0 atom stereocenters. The minimum atomic E-state index is -0.599. The van der Waals surface area contributed by atoms with Gasteiger partial charge in [-0.25, -0.2) is 4.79 Å². The number of H-pyrrole nitrogens is 1. The molecule has 0 aliphatic heterocycles. The topological polar surface area (TPSA) is 88.7 Å². The monoisotopic (exact) mass is 414 g/mol. The van der Waals surface area contributed by atoms with Gasteiger partial charge in [-0.3, -0.25) is 9.59 Å². The molecule has 2 aromatic rings. The first-order valence-corrected chi connectivity index (χ1v) is 9.86. The first-order chi connectivity index (χ1) is 14.0. The van der Waals surface area contributed by atoms with Crippen molar-refractivity contribution < 1.29 is 23.9 Å². The van der Waals surface area contributed by atoms with Crippen LogP contribution in [0.1, 0.15) is 70.2 Å². The van der Waals surface area contributed by atoms with Crippen molar-refractivity contribution in [1.82, 2.24) is 9.88 Å². The van der Waals surface area contributed by atoms with Crippen molar-refractivity contribution in [2.24, 2.45) is 0 Å². The van der Waals surface area contributed by atoms with Crippen LogP contribution in [0.25, 0.3) is 0 Å². The highest BCUT2D eigenvalue weighted by molar-refractivity contribution is 6.06. The molecule has 1 aromatic heterocycles. The van der Waals surface area contributed by atoms with Crippen LogP contribution >= 0.6 is 0 Å². The van der Waals surface area contributed by atoms with Crippen LogP contribution in [-0.4, -0.2) is 53.3 Å². The summed E-state index contributed by atoms with van der Waals surface area (Å²) in [5.74, 6) is -0.455. The summed E-state index contributed by atoms with van der Waals surface area (Å²) in [6.07, 6.45) is 0. The molecule has 7 heteroatoms. The molecule has 0 unspecified atom stereocenters. The highest BCUT2D eigenvalue weighted by atomic mass is 16.5. The number of hydrogen-bond acceptors (Lipinski definition) is 5. The summed E-state index contributed by atoms with van der Waals surface area (Å²) < 4.78 is 10.3. The largest absolute Gasteiger partial charge is 0.497 e. The molecule has 1 aromatic carbocycles. The number of aromatic nitrogens is 1. The molecule has 0 fully saturated rings. The summed E-state index contributed by atoms with van der Waals surface area (Å²) in [6, 6.07) is 6.84. The molecule has 7 nitrogen and oxygen atoms in total. The molecule has 30 heavy (non-hydrogen) atoms. The molecule has 0 aliphatic rings. The molecule has 0 saturated carbocycles. The Morgan fingerprint density at radius 3 is 2.37 bits per heavy atom. The fourth-order valence-corrected chi connectivity index (χ4v) is 3.32. The van der Waals surface area contributed by atoms with E-state index in [2.05, 4.69) is 4.98 Å². The quantitative estimate of drug-likeness (QED) is 0.548. The number of ketones is 1. The van der Waals surface area contributed by atoms with Crippen molar-refractivity contribution in [1.29, 1.82) is 0 Å². The van der Waals surface area contributed by atoms with Crippen LogP contribution in [0.5, 0.6) is 5.75 Å². The summed E-state index contributed by atoms with van der Waals surface area (Å²) in [4.78, 5) is 43.1. The SMILES string of the molecule is CCOC(=O)c1[nH]c(C)c(C(=O)CN(C(=O)c2cccc(OC)c2)C(C)(C)C)c1C. The Bertz CT molecular complexity index is 953. The predicted octanol–water partition coefficient (Wildman–Crippen LogP) is 3.94. The van der Waals surface area contributed by atoms with Crippen LogP contribution in [0.4, 0.5) is 0 Å². The molecular formula is C23H30N2O5. The van der Waals surface area contributed by atoms with Crippen molar-refractivity contribution in [2.45, 2.75) is 47.1 Å². The number of nitrogens with one attached hydrogen (secondary N) is 1. The van der Waals surface area contributed by atoms with E-state index in [0.717, 1.165) is 0 Å². The van der Waals surface area contributed by atoms with Gasteiger partial charge in [0.25, 0.3) is 5.91 Å². The van der Waals surface area contributed by atoms with Crippen LogP contribution in [0.2, 0.25) is 0 Å². The van der Waals surface area contributed by atoms with E-state index >= 15 is 0 Å². The van der Waals surface area contributed by atoms with Gasteiger partial charge in [0.05, 0.1) is 20.3 Å². The third-order valence-electron chi connectivity index (χ3n) is 4.87. The number of Topliss-reactive ketones (excluding diaryl/α,β-unsaturated/α-hetero) is 1. The smallest absolute Gasteiger partial charge is 0.355 e. The van der Waals surface area contributed by atoms with E-state index in [0.29, 0.717) is 28.1 Å². The number of methoxy groups -OCH3 is 1. The zero-order valence-electron chi connectivity index (χ0n) is 18.7. The number of aromatic amines is 1. The average Bonchev–Trinajstić information content (AvgIpc) is 2.99. The number of esters is 1. The Morgan fingerprint density at radius 1 is 1.13 bits per heavy atom. The van der Waals surface area contributed by atoms with Crippen LogP contribution < -0.4 is 4.74 Å². The number of rotatable bonds is 7. The summed E-state index contributed by atoms with van der Waals surface area (Å²) in [5.41, 5.74) is 1.61. The Kier molecular flexibility index (Phi) is 7.08. The molecule has 0 radical (unpaired) electrons. The Labute approximate surface area is 177 Å². The van der Waals surface area contributed by atoms with Gasteiger partial charge in [-0.2, -0.15) is 0 Å². The van der Waals surface area contributed by atoms with Gasteiger partial charge in [-0.1, -0.05) is 6.07 Å². The third-order valence-corrected chi connectivity index (χ3v) is 4.87. The number of nitrogens with zero attached hydrogens (tertiary/aromatic N) is 1. The fourth-order valence-electron chi connectivity index (χ4n) is 3.32. The van der Waals surface area contributed by atoms with Gasteiger partial charge >= 0.3 is 5.97 Å². The number of hydrogen-bond donors (Lipinski definition) is 1. The van der Waals surface area contributed by atoms with Crippen LogP contribution in [0.15, 0.2) is 24.3 Å². The first kappa shape index (κ1) is 23.2. The molecule has 0 bridgehead atoms. The number of benzene rings is 1. The van der Waals surface area contributed by atoms with Gasteiger partial charge in [0, 0.05) is 22.4 Å². The average molecular weight is 415 g/mol. The summed E-state index contributed by atoms with van der Waals surface area (Å²) in [7, 11) is 1.53. The van der Waals surface area contributed by atoms with Gasteiger partial charge in [0.2, 0.25) is 0 Å². The lowest BCUT2D eigenvalue weighted by Crippen LogP contribution is -2.48. The van der Waals surface area contributed by atoms with Gasteiger partial charge in [-0.05, 0) is 65.3 Å². The summed E-state index contributed by atoms with van der Waals surface area (Å²) in [5, 5.41) is 0. The zero-order chi connectivity index (χ0) is 22.6. The van der Waals surface area contributed by atoms with E-state index in [-0.39, 0.29) is 30.5 Å². The fraction of sp³-hybridized carbons (Fsp3) is 0.435. The van der Waals surface area contributed by atoms with Crippen molar-refractivity contribution in [3.05, 3.63) is 52.3 Å². The van der Waals surface area contributed by atoms with E-state index < -0.39 is 11.5 Å². The van der Waals surface area contributed by atoms with Crippen LogP contribution in [0, 0.1) is 13.8 Å². The van der Waals surface area contributed by atoms with Crippen LogP contribution in [0.3, 0.4) is 0 Å². The number of amides is 1. The van der Waals surface area contributed by atoms with Gasteiger partial charge in [-0.15, -0.1) is 0 Å². The number of aryl methyl sites for hydroxylation is 1. The second-order valence-electron chi connectivity index (χ2n) is 8.06. The maximum absolute atomic E-state index is 13.2. The van der Waals surface area contributed by atoms with E-state index in [1.54, 1.807) is 45.0 Å². The zero-order valence-corrected chi connectivity index (χ0v) is 18.7. The number of carbonyl (C=O) groups is 3. The minimum absolute atomic E-state index is 0.124. The van der Waals surface area contributed by atoms with Gasteiger partial charge in [0.1, 0.15) is 11.4 Å². The van der Waals surface area contributed by atoms with Crippen molar-refractivity contribution in [3.8, 4) is 5.75 Å². The molecule has 162 valence electrons. The number of ether oxygens (including phenoxy) is 2. The molecule has 0 saturated heterocycles. The highest BCUT2D eigenvalue weighted by Gasteiger charge is 2.32. The van der Waals surface area contributed by atoms with E-state index in [4.69, 9.17) is 9.47 Å². The standard InChI is InChI=1S/C23H30N2O5/c1-8-30-22(28)20-14(2)19(15(3)24-20)18(26)13-25(23(4,5)6)21(27)16-10-9-11-17(12-16)29-7/h9-12,24H,8,13H2,1-7H3. The van der Waals surface area contributed by atoms with E-state index in [9.17, 15) is 14.4 Å². The van der Waals surface area contributed by atoms with Gasteiger partial charge < -0.3 is 19.4 Å². The molecule has 1 N–H and O–H groups in total. The second-order valence-corrected chi connectivity index (χ2v) is 8.06. The summed E-state index contributed by atoms with van der Waals surface area (Å²) >= 11 is 0. The lowest BCUT2D eigenvalue weighted by atomic mass is 10.00. The van der Waals surface area contributed by atoms with Crippen molar-refractivity contribution in [2.75, 3.05) is 20.3 Å². The molecular weight excluding hydrogens is 384 g/mol. The number of carbonyl (C=O) groups excluding carboxylic acids is 3. The first-order valence-electron chi connectivity index (χ1n) is 9.86. The van der Waals surface area contributed by atoms with Crippen molar-refractivity contribution in [3.63, 3.8) is 0 Å². The molecule has 2 rings (SSSR count). The Balaban J connectivity index is 2.37.